The molecule has 17 heavy (non-hydrogen) atoms. The molecule has 0 unspecified atom stereocenters. The molecule has 0 saturated carbocycles. The van der Waals surface area contributed by atoms with Gasteiger partial charge in [0.05, 0.1) is 6.20 Å². The Morgan fingerprint density at radius 2 is 2.12 bits per heavy atom. The Balaban J connectivity index is 2.95. The second kappa shape index (κ2) is 4.75. The van der Waals surface area contributed by atoms with Crippen LogP contribution in [0, 0.1) is 0 Å². The van der Waals surface area contributed by atoms with E-state index in [1.54, 1.807) is 7.05 Å². The summed E-state index contributed by atoms with van der Waals surface area (Å²) >= 11 is 0. The zero-order chi connectivity index (χ0) is 13.3. The van der Waals surface area contributed by atoms with Gasteiger partial charge < -0.3 is 5.32 Å². The van der Waals surface area contributed by atoms with Crippen molar-refractivity contribution >= 4 is 10.0 Å². The van der Waals surface area contributed by atoms with E-state index < -0.39 is 10.0 Å². The van der Waals surface area contributed by atoms with Crippen LogP contribution >= 0.6 is 0 Å². The third-order valence-corrected chi connectivity index (χ3v) is 3.93. The van der Waals surface area contributed by atoms with Gasteiger partial charge in [0.1, 0.15) is 0 Å². The fraction of sp³-hybridized carbons (Fsp3) is 0.700. The number of aryl methyl sites for hydroxylation is 1. The van der Waals surface area contributed by atoms with Gasteiger partial charge in [0.25, 0.3) is 10.0 Å². The molecule has 0 bridgehead atoms. The van der Waals surface area contributed by atoms with E-state index >= 15 is 0 Å². The zero-order valence-electron chi connectivity index (χ0n) is 10.7. The summed E-state index contributed by atoms with van der Waals surface area (Å²) in [5.74, 6) is 0. The number of hydrogen-bond donors (Lipinski definition) is 2. The Morgan fingerprint density at radius 1 is 1.53 bits per heavy atom. The standard InChI is InChI=1S/C10H20N4O2S/c1-5-10(2,3)12-6-8-7-13-14(4)9(8)17(11,15)16/h7,12H,5-6H2,1-4H3,(H2,11,15,16). The van der Waals surface area contributed by atoms with Crippen molar-refractivity contribution in [3.63, 3.8) is 0 Å². The van der Waals surface area contributed by atoms with E-state index in [0.29, 0.717) is 12.1 Å². The first-order chi connectivity index (χ1) is 7.67. The number of nitrogens with zero attached hydrogens (tertiary/aromatic N) is 2. The summed E-state index contributed by atoms with van der Waals surface area (Å²) in [5, 5.41) is 12.4. The van der Waals surface area contributed by atoms with Crippen LogP contribution in [0.3, 0.4) is 0 Å². The smallest absolute Gasteiger partial charge is 0.255 e. The lowest BCUT2D eigenvalue weighted by Gasteiger charge is -2.24. The molecular formula is C10H20N4O2S. The number of nitrogens with one attached hydrogen (secondary N) is 1. The van der Waals surface area contributed by atoms with Crippen molar-refractivity contribution in [2.24, 2.45) is 12.2 Å². The molecule has 0 fully saturated rings. The third-order valence-electron chi connectivity index (χ3n) is 2.87. The predicted octanol–water partition coefficient (Wildman–Crippen LogP) is 0.346. The zero-order valence-corrected chi connectivity index (χ0v) is 11.5. The molecule has 0 aliphatic carbocycles. The van der Waals surface area contributed by atoms with Gasteiger partial charge in [-0.3, -0.25) is 4.68 Å². The van der Waals surface area contributed by atoms with E-state index in [-0.39, 0.29) is 10.6 Å². The molecule has 3 N–H and O–H groups in total. The molecule has 0 spiro atoms. The van der Waals surface area contributed by atoms with E-state index in [9.17, 15) is 8.42 Å². The SMILES string of the molecule is CCC(C)(C)NCc1cnn(C)c1S(N)(=O)=O. The van der Waals surface area contributed by atoms with Crippen molar-refractivity contribution in [3.05, 3.63) is 11.8 Å². The predicted molar refractivity (Wildman–Crippen MR) is 65.8 cm³/mol. The Hall–Kier alpha value is -0.920. The van der Waals surface area contributed by atoms with Crippen LogP contribution in [-0.4, -0.2) is 23.7 Å². The quantitative estimate of drug-likeness (QED) is 0.799. The number of primary sulfonamides is 1. The highest BCUT2D eigenvalue weighted by atomic mass is 32.2. The summed E-state index contributed by atoms with van der Waals surface area (Å²) in [4.78, 5) is 0. The first kappa shape index (κ1) is 14.1. The lowest BCUT2D eigenvalue weighted by atomic mass is 10.0. The number of nitrogens with two attached hydrogens (primary N) is 1. The molecule has 0 aromatic carbocycles. The largest absolute Gasteiger partial charge is 0.308 e. The molecule has 6 nitrogen and oxygen atoms in total. The van der Waals surface area contributed by atoms with Crippen LogP contribution in [0.25, 0.3) is 0 Å². The molecule has 0 aliphatic heterocycles. The lowest BCUT2D eigenvalue weighted by molar-refractivity contribution is 0.372. The number of aromatic nitrogens is 2. The highest BCUT2D eigenvalue weighted by Crippen LogP contribution is 2.15. The highest BCUT2D eigenvalue weighted by molar-refractivity contribution is 7.89. The Morgan fingerprint density at radius 3 is 2.59 bits per heavy atom. The van der Waals surface area contributed by atoms with Crippen molar-refractivity contribution in [1.82, 2.24) is 15.1 Å². The van der Waals surface area contributed by atoms with Crippen molar-refractivity contribution in [2.75, 3.05) is 0 Å². The Kier molecular flexibility index (Phi) is 3.95. The van der Waals surface area contributed by atoms with Gasteiger partial charge in [-0.2, -0.15) is 5.10 Å². The van der Waals surface area contributed by atoms with Crippen LogP contribution in [0.5, 0.6) is 0 Å². The van der Waals surface area contributed by atoms with Crippen LogP contribution < -0.4 is 10.5 Å². The first-order valence-electron chi connectivity index (χ1n) is 5.46. The van der Waals surface area contributed by atoms with Crippen LogP contribution in [0.15, 0.2) is 11.2 Å². The van der Waals surface area contributed by atoms with Crippen molar-refractivity contribution in [3.8, 4) is 0 Å². The summed E-state index contributed by atoms with van der Waals surface area (Å²) in [6.07, 6.45) is 2.47. The molecule has 0 amide bonds. The molecule has 1 aromatic rings. The van der Waals surface area contributed by atoms with Gasteiger partial charge in [0.2, 0.25) is 0 Å². The van der Waals surface area contributed by atoms with Gasteiger partial charge >= 0.3 is 0 Å². The molecule has 0 saturated heterocycles. The minimum atomic E-state index is -3.73. The summed E-state index contributed by atoms with van der Waals surface area (Å²) in [6, 6.07) is 0. The summed E-state index contributed by atoms with van der Waals surface area (Å²) < 4.78 is 24.1. The van der Waals surface area contributed by atoms with E-state index in [4.69, 9.17) is 5.14 Å². The normalized spacial score (nSPS) is 13.0. The van der Waals surface area contributed by atoms with Gasteiger partial charge in [-0.15, -0.1) is 0 Å². The number of rotatable bonds is 5. The number of hydrogen-bond acceptors (Lipinski definition) is 4. The van der Waals surface area contributed by atoms with Gasteiger partial charge in [-0.05, 0) is 20.3 Å². The fourth-order valence-electron chi connectivity index (χ4n) is 1.42. The minimum Gasteiger partial charge on any atom is -0.308 e. The lowest BCUT2D eigenvalue weighted by Crippen LogP contribution is -2.38. The van der Waals surface area contributed by atoms with E-state index in [1.807, 2.05) is 0 Å². The third kappa shape index (κ3) is 3.52. The summed E-state index contributed by atoms with van der Waals surface area (Å²) in [6.45, 7) is 6.61. The molecule has 98 valence electrons. The van der Waals surface area contributed by atoms with E-state index in [1.165, 1.54) is 10.9 Å². The Bertz CT molecular complexity index is 490. The number of sulfonamides is 1. The minimum absolute atomic E-state index is 0.0501. The van der Waals surface area contributed by atoms with Gasteiger partial charge in [0.15, 0.2) is 5.03 Å². The van der Waals surface area contributed by atoms with Crippen LogP contribution in [0.1, 0.15) is 32.8 Å². The molecule has 1 aromatic heterocycles. The molecule has 1 rings (SSSR count). The maximum absolute atomic E-state index is 11.4. The molecule has 1 heterocycles. The first-order valence-corrected chi connectivity index (χ1v) is 7.00. The topological polar surface area (TPSA) is 90.0 Å². The van der Waals surface area contributed by atoms with Crippen molar-refractivity contribution in [1.29, 1.82) is 0 Å². The van der Waals surface area contributed by atoms with E-state index in [2.05, 4.69) is 31.2 Å². The maximum Gasteiger partial charge on any atom is 0.255 e. The van der Waals surface area contributed by atoms with Crippen LogP contribution in [0.4, 0.5) is 0 Å². The van der Waals surface area contributed by atoms with Gasteiger partial charge in [-0.1, -0.05) is 6.92 Å². The monoisotopic (exact) mass is 260 g/mol. The summed E-state index contributed by atoms with van der Waals surface area (Å²) in [5.41, 5.74) is 0.544. The van der Waals surface area contributed by atoms with Crippen LogP contribution in [0.2, 0.25) is 0 Å². The van der Waals surface area contributed by atoms with Crippen LogP contribution in [-0.2, 0) is 23.6 Å². The summed E-state index contributed by atoms with van der Waals surface area (Å²) in [7, 11) is -2.17. The van der Waals surface area contributed by atoms with Crippen molar-refractivity contribution in [2.45, 2.75) is 44.3 Å². The maximum atomic E-state index is 11.4. The molecule has 7 heteroatoms. The van der Waals surface area contributed by atoms with Gasteiger partial charge in [-0.25, -0.2) is 13.6 Å². The highest BCUT2D eigenvalue weighted by Gasteiger charge is 2.21. The second-order valence-electron chi connectivity index (χ2n) is 4.73. The van der Waals surface area contributed by atoms with E-state index in [0.717, 1.165) is 6.42 Å². The fourth-order valence-corrected chi connectivity index (χ4v) is 2.33. The molecule has 0 radical (unpaired) electrons. The average Bonchev–Trinajstić information content (AvgIpc) is 2.56. The Labute approximate surface area is 102 Å². The molecule has 0 atom stereocenters. The molecule has 0 aliphatic rings. The van der Waals surface area contributed by atoms with Gasteiger partial charge in [0, 0.05) is 24.7 Å². The second-order valence-corrected chi connectivity index (χ2v) is 6.21. The average molecular weight is 260 g/mol. The van der Waals surface area contributed by atoms with Crippen molar-refractivity contribution < 1.29 is 8.42 Å². The molecular weight excluding hydrogens is 240 g/mol.